The summed E-state index contributed by atoms with van der Waals surface area (Å²) in [6, 6.07) is -0.390. The van der Waals surface area contributed by atoms with Gasteiger partial charge in [0.15, 0.2) is 17.0 Å². The van der Waals surface area contributed by atoms with Gasteiger partial charge < -0.3 is 19.5 Å². The van der Waals surface area contributed by atoms with Gasteiger partial charge in [-0.1, -0.05) is 6.92 Å². The Morgan fingerprint density at radius 3 is 2.57 bits per heavy atom. The van der Waals surface area contributed by atoms with Crippen molar-refractivity contribution in [1.82, 2.24) is 34.4 Å². The molecule has 1 aliphatic rings. The molecule has 1 N–H and O–H groups in total. The zero-order chi connectivity index (χ0) is 21.1. The van der Waals surface area contributed by atoms with Crippen LogP contribution in [0.5, 0.6) is 0 Å². The third-order valence-corrected chi connectivity index (χ3v) is 5.23. The average molecular weight is 410 g/mol. The van der Waals surface area contributed by atoms with Crippen LogP contribution in [0.25, 0.3) is 22.6 Å². The van der Waals surface area contributed by atoms with E-state index in [1.165, 1.54) is 6.33 Å². The summed E-state index contributed by atoms with van der Waals surface area (Å²) in [6.07, 6.45) is 5.65. The van der Waals surface area contributed by atoms with Crippen molar-refractivity contribution in [1.29, 1.82) is 0 Å². The van der Waals surface area contributed by atoms with Gasteiger partial charge in [0, 0.05) is 32.0 Å². The molecule has 4 rings (SSSR count). The zero-order valence-corrected chi connectivity index (χ0v) is 17.5. The number of anilines is 1. The lowest BCUT2D eigenvalue weighted by Crippen LogP contribution is -2.47. The molecule has 10 nitrogen and oxygen atoms in total. The number of hydrogen-bond donors (Lipinski definition) is 1. The fraction of sp³-hybridized carbons (Fsp3) is 0.500. The lowest BCUT2D eigenvalue weighted by Gasteiger charge is -2.30. The first-order chi connectivity index (χ1) is 14.6. The monoisotopic (exact) mass is 410 g/mol. The highest BCUT2D eigenvalue weighted by molar-refractivity contribution is 5.90. The second-order valence-corrected chi connectivity index (χ2v) is 7.14. The van der Waals surface area contributed by atoms with E-state index in [4.69, 9.17) is 9.72 Å². The lowest BCUT2D eigenvalue weighted by atomic mass is 10.2. The highest BCUT2D eigenvalue weighted by Crippen LogP contribution is 2.27. The van der Waals surface area contributed by atoms with Crippen LogP contribution in [0.2, 0.25) is 0 Å². The van der Waals surface area contributed by atoms with Gasteiger partial charge in [-0.25, -0.2) is 24.9 Å². The van der Waals surface area contributed by atoms with Crippen molar-refractivity contribution >= 4 is 22.9 Å². The van der Waals surface area contributed by atoms with Crippen molar-refractivity contribution in [2.75, 3.05) is 31.6 Å². The Morgan fingerprint density at radius 1 is 1.17 bits per heavy atom. The van der Waals surface area contributed by atoms with E-state index in [2.05, 4.69) is 25.3 Å². The zero-order valence-electron chi connectivity index (χ0n) is 17.5. The van der Waals surface area contributed by atoms with Crippen LogP contribution in [0.4, 0.5) is 5.82 Å². The molecule has 4 heterocycles. The van der Waals surface area contributed by atoms with E-state index in [-0.39, 0.29) is 11.9 Å². The summed E-state index contributed by atoms with van der Waals surface area (Å²) < 4.78 is 7.36. The molecule has 0 radical (unpaired) electrons. The van der Waals surface area contributed by atoms with Crippen molar-refractivity contribution in [3.8, 4) is 11.4 Å². The number of imidazole rings is 1. The third-order valence-electron chi connectivity index (χ3n) is 5.23. The van der Waals surface area contributed by atoms with Gasteiger partial charge in [-0.3, -0.25) is 4.79 Å². The van der Waals surface area contributed by atoms with Crippen molar-refractivity contribution in [2.45, 2.75) is 39.8 Å². The number of carbonyl (C=O) groups excluding carboxylic acids is 1. The maximum Gasteiger partial charge on any atom is 0.245 e. The minimum absolute atomic E-state index is 0.0506. The molecule has 1 fully saturated rings. The Hall–Kier alpha value is -3.14. The van der Waals surface area contributed by atoms with Crippen LogP contribution in [-0.2, 0) is 16.1 Å². The molecular weight excluding hydrogens is 384 g/mol. The molecule has 10 heteroatoms. The summed E-state index contributed by atoms with van der Waals surface area (Å²) in [5.74, 6) is 2.03. The Labute approximate surface area is 174 Å². The van der Waals surface area contributed by atoms with Crippen LogP contribution in [0, 0.1) is 6.92 Å². The van der Waals surface area contributed by atoms with Gasteiger partial charge in [-0.2, -0.15) is 0 Å². The van der Waals surface area contributed by atoms with E-state index in [0.29, 0.717) is 62.1 Å². The summed E-state index contributed by atoms with van der Waals surface area (Å²) in [7, 11) is 0. The summed E-state index contributed by atoms with van der Waals surface area (Å²) in [5, 5.41) is 3.30. The summed E-state index contributed by atoms with van der Waals surface area (Å²) in [4.78, 5) is 37.0. The van der Waals surface area contributed by atoms with Crippen molar-refractivity contribution < 1.29 is 9.53 Å². The Balaban J connectivity index is 1.69. The number of morpholine rings is 1. The minimum atomic E-state index is -0.390. The molecule has 0 unspecified atom stereocenters. The molecule has 158 valence electrons. The van der Waals surface area contributed by atoms with Crippen molar-refractivity contribution in [3.63, 3.8) is 0 Å². The number of fused-ring (bicyclic) bond motifs is 1. The predicted octanol–water partition coefficient (Wildman–Crippen LogP) is 1.66. The van der Waals surface area contributed by atoms with E-state index < -0.39 is 0 Å². The molecule has 0 spiro atoms. The van der Waals surface area contributed by atoms with E-state index in [9.17, 15) is 4.79 Å². The number of hydrogen-bond acceptors (Lipinski definition) is 8. The number of nitrogens with zero attached hydrogens (tertiary/aromatic N) is 7. The SMILES string of the molecule is CC[C@H](Nc1ncnc2c1nc(-c1cnc(C)nc1)n2CC)C(=O)N1CCOCC1. The van der Waals surface area contributed by atoms with Crippen LogP contribution in [0.3, 0.4) is 0 Å². The standard InChI is InChI=1S/C20H26N8O2/c1-4-15(20(29)27-6-8-30-9-7-27)25-17-16-19(24-12-23-17)28(5-2)18(26-16)14-10-21-13(3)22-11-14/h10-12,15H,4-9H2,1-3H3,(H,23,24,25)/t15-/m0/s1. The molecule has 1 aliphatic heterocycles. The highest BCUT2D eigenvalue weighted by atomic mass is 16.5. The Bertz CT molecular complexity index is 1030. The third kappa shape index (κ3) is 3.82. The molecule has 30 heavy (non-hydrogen) atoms. The van der Waals surface area contributed by atoms with Crippen LogP contribution < -0.4 is 5.32 Å². The normalized spacial score (nSPS) is 15.4. The second-order valence-electron chi connectivity index (χ2n) is 7.14. The topological polar surface area (TPSA) is 111 Å². The molecule has 1 saturated heterocycles. The first-order valence-corrected chi connectivity index (χ1v) is 10.3. The summed E-state index contributed by atoms with van der Waals surface area (Å²) >= 11 is 0. The first kappa shape index (κ1) is 20.1. The van der Waals surface area contributed by atoms with Crippen molar-refractivity contribution in [3.05, 3.63) is 24.5 Å². The maximum atomic E-state index is 13.0. The van der Waals surface area contributed by atoms with Gasteiger partial charge in [0.25, 0.3) is 0 Å². The van der Waals surface area contributed by atoms with E-state index in [0.717, 1.165) is 11.4 Å². The predicted molar refractivity (Wildman–Crippen MR) is 112 cm³/mol. The minimum Gasteiger partial charge on any atom is -0.378 e. The van der Waals surface area contributed by atoms with E-state index in [1.54, 1.807) is 12.4 Å². The largest absolute Gasteiger partial charge is 0.378 e. The van der Waals surface area contributed by atoms with Crippen LogP contribution in [0.1, 0.15) is 26.1 Å². The van der Waals surface area contributed by atoms with E-state index in [1.807, 2.05) is 30.2 Å². The Morgan fingerprint density at radius 2 is 1.90 bits per heavy atom. The van der Waals surface area contributed by atoms with Crippen LogP contribution in [0.15, 0.2) is 18.7 Å². The number of nitrogens with one attached hydrogen (secondary N) is 1. The van der Waals surface area contributed by atoms with E-state index >= 15 is 0 Å². The average Bonchev–Trinajstić information content (AvgIpc) is 3.17. The van der Waals surface area contributed by atoms with Crippen molar-refractivity contribution in [2.24, 2.45) is 0 Å². The van der Waals surface area contributed by atoms with Gasteiger partial charge >= 0.3 is 0 Å². The van der Waals surface area contributed by atoms with Gasteiger partial charge in [0.2, 0.25) is 5.91 Å². The fourth-order valence-electron chi connectivity index (χ4n) is 3.58. The molecule has 1 amide bonds. The molecule has 1 atom stereocenters. The molecule has 3 aromatic rings. The molecule has 0 aliphatic carbocycles. The number of aromatic nitrogens is 6. The molecule has 0 bridgehead atoms. The maximum absolute atomic E-state index is 13.0. The summed E-state index contributed by atoms with van der Waals surface area (Å²) in [6.45, 7) is 8.90. The number of ether oxygens (including phenoxy) is 1. The number of carbonyl (C=O) groups is 1. The second kappa shape index (κ2) is 8.70. The van der Waals surface area contributed by atoms with Gasteiger partial charge in [-0.15, -0.1) is 0 Å². The lowest BCUT2D eigenvalue weighted by molar-refractivity contribution is -0.136. The number of aryl methyl sites for hydroxylation is 2. The van der Waals surface area contributed by atoms with Gasteiger partial charge in [0.05, 0.1) is 18.8 Å². The van der Waals surface area contributed by atoms with Crippen LogP contribution >= 0.6 is 0 Å². The highest BCUT2D eigenvalue weighted by Gasteiger charge is 2.26. The quantitative estimate of drug-likeness (QED) is 0.653. The number of amides is 1. The molecular formula is C20H26N8O2. The first-order valence-electron chi connectivity index (χ1n) is 10.3. The smallest absolute Gasteiger partial charge is 0.245 e. The van der Waals surface area contributed by atoms with Gasteiger partial charge in [0.1, 0.15) is 24.0 Å². The molecule has 3 aromatic heterocycles. The fourth-order valence-corrected chi connectivity index (χ4v) is 3.58. The number of rotatable bonds is 6. The molecule has 0 aromatic carbocycles. The Kier molecular flexibility index (Phi) is 5.84. The van der Waals surface area contributed by atoms with Crippen LogP contribution in [-0.4, -0.2) is 72.6 Å². The summed E-state index contributed by atoms with van der Waals surface area (Å²) in [5.41, 5.74) is 2.14. The van der Waals surface area contributed by atoms with Gasteiger partial charge in [-0.05, 0) is 20.3 Å². The molecule has 0 saturated carbocycles.